The van der Waals surface area contributed by atoms with Crippen molar-refractivity contribution < 1.29 is 27.8 Å². The zero-order valence-electron chi connectivity index (χ0n) is 13.7. The van der Waals surface area contributed by atoms with Gasteiger partial charge in [-0.05, 0) is 54.7 Å². The number of phenols is 1. The van der Waals surface area contributed by atoms with E-state index in [4.69, 9.17) is 4.74 Å². The molecule has 0 amide bonds. The summed E-state index contributed by atoms with van der Waals surface area (Å²) in [6.07, 6.45) is -3.88. The lowest BCUT2D eigenvalue weighted by atomic mass is 9.88. The van der Waals surface area contributed by atoms with Crippen LogP contribution >= 0.6 is 0 Å². The number of alkyl halides is 3. The number of hydrogen-bond donors (Lipinski definition) is 1. The zero-order chi connectivity index (χ0) is 18.4. The second-order valence-electron chi connectivity index (χ2n) is 5.70. The summed E-state index contributed by atoms with van der Waals surface area (Å²) in [6.45, 7) is 1.95. The minimum Gasteiger partial charge on any atom is -0.508 e. The van der Waals surface area contributed by atoms with E-state index in [1.54, 1.807) is 19.1 Å². The fourth-order valence-electron chi connectivity index (χ4n) is 2.59. The van der Waals surface area contributed by atoms with Crippen LogP contribution in [0.3, 0.4) is 0 Å². The highest BCUT2D eigenvalue weighted by Crippen LogP contribution is 2.32. The molecule has 1 N–H and O–H groups in total. The highest BCUT2D eigenvalue weighted by molar-refractivity contribution is 5.70. The number of phenolic OH excluding ortho intramolecular Hbond substituents is 1. The molecule has 0 spiro atoms. The molecule has 134 valence electrons. The third-order valence-corrected chi connectivity index (χ3v) is 3.85. The van der Waals surface area contributed by atoms with Crippen molar-refractivity contribution in [3.8, 4) is 5.75 Å². The summed E-state index contributed by atoms with van der Waals surface area (Å²) in [4.78, 5) is 11.9. The van der Waals surface area contributed by atoms with E-state index in [1.807, 2.05) is 0 Å². The van der Waals surface area contributed by atoms with E-state index >= 15 is 0 Å². The summed E-state index contributed by atoms with van der Waals surface area (Å²) in [5.74, 6) is -0.586. The van der Waals surface area contributed by atoms with E-state index in [9.17, 15) is 23.1 Å². The average molecular weight is 352 g/mol. The summed E-state index contributed by atoms with van der Waals surface area (Å²) < 4.78 is 43.1. The largest absolute Gasteiger partial charge is 0.508 e. The van der Waals surface area contributed by atoms with Crippen molar-refractivity contribution in [1.29, 1.82) is 0 Å². The summed E-state index contributed by atoms with van der Waals surface area (Å²) in [5, 5.41) is 9.35. The van der Waals surface area contributed by atoms with Crippen molar-refractivity contribution in [2.24, 2.45) is 0 Å². The van der Waals surface area contributed by atoms with Crippen molar-refractivity contribution in [1.82, 2.24) is 0 Å². The Hall–Kier alpha value is -2.50. The second-order valence-corrected chi connectivity index (χ2v) is 5.70. The second kappa shape index (κ2) is 8.05. The molecule has 0 unspecified atom stereocenters. The van der Waals surface area contributed by atoms with Gasteiger partial charge in [0.1, 0.15) is 5.75 Å². The lowest BCUT2D eigenvalue weighted by molar-refractivity contribution is -0.143. The predicted molar refractivity (Wildman–Crippen MR) is 87.2 cm³/mol. The van der Waals surface area contributed by atoms with Crippen LogP contribution in [0.1, 0.15) is 36.0 Å². The Labute approximate surface area is 144 Å². The molecular weight excluding hydrogens is 333 g/mol. The molecule has 0 radical (unpaired) electrons. The van der Waals surface area contributed by atoms with Crippen LogP contribution in [0.2, 0.25) is 0 Å². The molecule has 2 aromatic carbocycles. The van der Waals surface area contributed by atoms with Gasteiger partial charge in [0.25, 0.3) is 0 Å². The Morgan fingerprint density at radius 1 is 1.08 bits per heavy atom. The van der Waals surface area contributed by atoms with Crippen molar-refractivity contribution in [3.05, 3.63) is 65.2 Å². The topological polar surface area (TPSA) is 46.5 Å². The highest BCUT2D eigenvalue weighted by atomic mass is 19.4. The van der Waals surface area contributed by atoms with E-state index in [0.29, 0.717) is 12.0 Å². The van der Waals surface area contributed by atoms with Crippen LogP contribution < -0.4 is 0 Å². The van der Waals surface area contributed by atoms with Gasteiger partial charge >= 0.3 is 12.1 Å². The lowest BCUT2D eigenvalue weighted by Crippen LogP contribution is -2.13. The molecule has 6 heteroatoms. The number of benzene rings is 2. The standard InChI is InChI=1S/C19H19F3O3/c1-2-25-18(24)12-15(11-13-3-9-17(23)10-4-13)14-5-7-16(8-6-14)19(20,21)22/h3-10,15,23H,2,11-12H2,1H3/t15-/m0/s1. The molecule has 0 bridgehead atoms. The van der Waals surface area contributed by atoms with Gasteiger partial charge in [-0.2, -0.15) is 13.2 Å². The number of ether oxygens (including phenoxy) is 1. The summed E-state index contributed by atoms with van der Waals surface area (Å²) in [7, 11) is 0. The van der Waals surface area contributed by atoms with Gasteiger partial charge in [0.05, 0.1) is 18.6 Å². The van der Waals surface area contributed by atoms with E-state index < -0.39 is 17.7 Å². The molecule has 0 aliphatic carbocycles. The molecule has 0 saturated heterocycles. The van der Waals surface area contributed by atoms with Crippen LogP contribution in [0.5, 0.6) is 5.75 Å². The Balaban J connectivity index is 2.23. The van der Waals surface area contributed by atoms with E-state index in [1.165, 1.54) is 24.3 Å². The molecule has 2 aromatic rings. The monoisotopic (exact) mass is 352 g/mol. The Morgan fingerprint density at radius 2 is 1.68 bits per heavy atom. The van der Waals surface area contributed by atoms with E-state index in [2.05, 4.69) is 0 Å². The molecule has 0 aliphatic heterocycles. The van der Waals surface area contributed by atoms with Crippen molar-refractivity contribution in [2.45, 2.75) is 31.9 Å². The molecule has 3 nitrogen and oxygen atoms in total. The van der Waals surface area contributed by atoms with Gasteiger partial charge in [-0.15, -0.1) is 0 Å². The molecule has 0 aromatic heterocycles. The molecule has 0 aliphatic rings. The van der Waals surface area contributed by atoms with E-state index in [0.717, 1.165) is 17.7 Å². The molecular formula is C19H19F3O3. The predicted octanol–water partition coefficient (Wildman–Crippen LogP) is 4.69. The molecule has 1 atom stereocenters. The number of esters is 1. The minimum absolute atomic E-state index is 0.0695. The third kappa shape index (κ3) is 5.52. The minimum atomic E-state index is -4.40. The molecule has 2 rings (SSSR count). The van der Waals surface area contributed by atoms with Crippen molar-refractivity contribution >= 4 is 5.97 Å². The lowest BCUT2D eigenvalue weighted by Gasteiger charge is -2.18. The van der Waals surface area contributed by atoms with Gasteiger partial charge < -0.3 is 9.84 Å². The van der Waals surface area contributed by atoms with Gasteiger partial charge in [0.15, 0.2) is 0 Å². The maximum Gasteiger partial charge on any atom is 0.416 e. The molecule has 0 fully saturated rings. The molecule has 0 saturated carbocycles. The normalized spacial score (nSPS) is 12.6. The number of aromatic hydroxyl groups is 1. The number of hydrogen-bond acceptors (Lipinski definition) is 3. The SMILES string of the molecule is CCOC(=O)C[C@H](Cc1ccc(O)cc1)c1ccc(C(F)(F)F)cc1. The molecule has 0 heterocycles. The number of rotatable bonds is 6. The highest BCUT2D eigenvalue weighted by Gasteiger charge is 2.30. The number of carbonyl (C=O) groups is 1. The maximum absolute atomic E-state index is 12.7. The van der Waals surface area contributed by atoms with Crippen LogP contribution in [0.15, 0.2) is 48.5 Å². The Morgan fingerprint density at radius 3 is 2.20 bits per heavy atom. The van der Waals surface area contributed by atoms with Crippen LogP contribution in [0, 0.1) is 0 Å². The zero-order valence-corrected chi connectivity index (χ0v) is 13.7. The van der Waals surface area contributed by atoms with Crippen LogP contribution in [-0.2, 0) is 22.1 Å². The number of carbonyl (C=O) groups excluding carboxylic acids is 1. The fourth-order valence-corrected chi connectivity index (χ4v) is 2.59. The number of halogens is 3. The fraction of sp³-hybridized carbons (Fsp3) is 0.316. The quantitative estimate of drug-likeness (QED) is 0.767. The van der Waals surface area contributed by atoms with E-state index in [-0.39, 0.29) is 24.7 Å². The Kier molecular flexibility index (Phi) is 6.07. The first-order valence-electron chi connectivity index (χ1n) is 7.90. The van der Waals surface area contributed by atoms with Gasteiger partial charge in [0, 0.05) is 0 Å². The van der Waals surface area contributed by atoms with Gasteiger partial charge in [-0.25, -0.2) is 0 Å². The smallest absolute Gasteiger partial charge is 0.416 e. The first-order valence-corrected chi connectivity index (χ1v) is 7.90. The first-order chi connectivity index (χ1) is 11.8. The average Bonchev–Trinajstić information content (AvgIpc) is 2.56. The van der Waals surface area contributed by atoms with Crippen molar-refractivity contribution in [2.75, 3.05) is 6.61 Å². The van der Waals surface area contributed by atoms with Crippen molar-refractivity contribution in [3.63, 3.8) is 0 Å². The summed E-state index contributed by atoms with van der Waals surface area (Å²) in [5.41, 5.74) is 0.775. The van der Waals surface area contributed by atoms with Gasteiger partial charge in [-0.1, -0.05) is 24.3 Å². The van der Waals surface area contributed by atoms with Gasteiger partial charge in [0.2, 0.25) is 0 Å². The van der Waals surface area contributed by atoms with Crippen LogP contribution in [-0.4, -0.2) is 17.7 Å². The first kappa shape index (κ1) is 18.8. The van der Waals surface area contributed by atoms with Crippen LogP contribution in [0.25, 0.3) is 0 Å². The summed E-state index contributed by atoms with van der Waals surface area (Å²) >= 11 is 0. The maximum atomic E-state index is 12.7. The van der Waals surface area contributed by atoms with Gasteiger partial charge in [-0.3, -0.25) is 4.79 Å². The summed E-state index contributed by atoms with van der Waals surface area (Å²) in [6, 6.07) is 11.3. The molecule has 25 heavy (non-hydrogen) atoms. The van der Waals surface area contributed by atoms with Crippen LogP contribution in [0.4, 0.5) is 13.2 Å². The third-order valence-electron chi connectivity index (χ3n) is 3.85. The Bertz CT molecular complexity index is 691.